The van der Waals surface area contributed by atoms with E-state index in [1.165, 1.54) is 0 Å². The molecular weight excluding hydrogens is 200 g/mol. The lowest BCUT2D eigenvalue weighted by atomic mass is 10.1. The number of rotatable bonds is 4. The van der Waals surface area contributed by atoms with E-state index in [4.69, 9.17) is 5.73 Å². The van der Waals surface area contributed by atoms with Crippen LogP contribution in [0.5, 0.6) is 0 Å². The second-order valence-corrected chi connectivity index (χ2v) is 4.46. The Balaban J connectivity index is 2.59. The van der Waals surface area contributed by atoms with Crippen LogP contribution in [-0.2, 0) is 0 Å². The van der Waals surface area contributed by atoms with Gasteiger partial charge in [0.1, 0.15) is 0 Å². The fourth-order valence-corrected chi connectivity index (χ4v) is 1.71. The summed E-state index contributed by atoms with van der Waals surface area (Å²) in [7, 11) is 0. The fraction of sp³-hybridized carbons (Fsp3) is 0.462. The molecular formula is C13H20N2O. The quantitative estimate of drug-likeness (QED) is 0.813. The van der Waals surface area contributed by atoms with Gasteiger partial charge in [-0.05, 0) is 39.3 Å². The first-order valence-corrected chi connectivity index (χ1v) is 5.62. The van der Waals surface area contributed by atoms with E-state index in [1.54, 1.807) is 0 Å². The number of aryl methyl sites for hydroxylation is 1. The Labute approximate surface area is 97.0 Å². The number of nitrogens with one attached hydrogen (secondary N) is 1. The maximum Gasteiger partial charge on any atom is 0.251 e. The SMILES string of the molecule is Cc1cccc(C(=O)NC(C)CC(C)N)c1. The number of hydrogen-bond donors (Lipinski definition) is 2. The van der Waals surface area contributed by atoms with Crippen LogP contribution in [0.1, 0.15) is 36.2 Å². The summed E-state index contributed by atoms with van der Waals surface area (Å²) in [4.78, 5) is 11.8. The largest absolute Gasteiger partial charge is 0.350 e. The summed E-state index contributed by atoms with van der Waals surface area (Å²) >= 11 is 0. The van der Waals surface area contributed by atoms with Crippen molar-refractivity contribution in [2.75, 3.05) is 0 Å². The van der Waals surface area contributed by atoms with Crippen molar-refractivity contribution in [3.63, 3.8) is 0 Å². The molecule has 88 valence electrons. The topological polar surface area (TPSA) is 55.1 Å². The van der Waals surface area contributed by atoms with Crippen LogP contribution in [0.4, 0.5) is 0 Å². The third kappa shape index (κ3) is 4.03. The molecule has 0 aliphatic heterocycles. The highest BCUT2D eigenvalue weighted by Gasteiger charge is 2.10. The lowest BCUT2D eigenvalue weighted by Crippen LogP contribution is -2.36. The zero-order valence-electron chi connectivity index (χ0n) is 10.2. The summed E-state index contributed by atoms with van der Waals surface area (Å²) in [6, 6.07) is 7.78. The molecule has 1 rings (SSSR count). The maximum atomic E-state index is 11.8. The van der Waals surface area contributed by atoms with Crippen molar-refractivity contribution in [2.24, 2.45) is 5.73 Å². The Morgan fingerprint density at radius 2 is 2.12 bits per heavy atom. The lowest BCUT2D eigenvalue weighted by Gasteiger charge is -2.16. The second kappa shape index (κ2) is 5.66. The number of carbonyl (C=O) groups excluding carboxylic acids is 1. The van der Waals surface area contributed by atoms with Gasteiger partial charge in [0.25, 0.3) is 5.91 Å². The first-order chi connectivity index (χ1) is 7.49. The molecule has 0 fully saturated rings. The lowest BCUT2D eigenvalue weighted by molar-refractivity contribution is 0.0937. The van der Waals surface area contributed by atoms with Gasteiger partial charge in [0, 0.05) is 17.6 Å². The van der Waals surface area contributed by atoms with E-state index in [9.17, 15) is 4.79 Å². The van der Waals surface area contributed by atoms with Crippen molar-refractivity contribution in [2.45, 2.75) is 39.3 Å². The molecule has 0 aliphatic rings. The van der Waals surface area contributed by atoms with E-state index < -0.39 is 0 Å². The summed E-state index contributed by atoms with van der Waals surface area (Å²) in [6.07, 6.45) is 0.789. The predicted octanol–water partition coefficient (Wildman–Crippen LogP) is 1.85. The van der Waals surface area contributed by atoms with E-state index in [2.05, 4.69) is 5.32 Å². The van der Waals surface area contributed by atoms with Crippen LogP contribution in [0.25, 0.3) is 0 Å². The summed E-state index contributed by atoms with van der Waals surface area (Å²) in [5.41, 5.74) is 7.48. The monoisotopic (exact) mass is 220 g/mol. The van der Waals surface area contributed by atoms with Crippen LogP contribution >= 0.6 is 0 Å². The molecule has 3 heteroatoms. The van der Waals surface area contributed by atoms with E-state index in [0.29, 0.717) is 5.56 Å². The number of carbonyl (C=O) groups is 1. The van der Waals surface area contributed by atoms with Crippen molar-refractivity contribution in [1.82, 2.24) is 5.32 Å². The van der Waals surface area contributed by atoms with Crippen LogP contribution in [0.2, 0.25) is 0 Å². The Morgan fingerprint density at radius 1 is 1.44 bits per heavy atom. The van der Waals surface area contributed by atoms with Crippen molar-refractivity contribution in [3.05, 3.63) is 35.4 Å². The van der Waals surface area contributed by atoms with Crippen LogP contribution < -0.4 is 11.1 Å². The van der Waals surface area contributed by atoms with Crippen molar-refractivity contribution in [3.8, 4) is 0 Å². The molecule has 3 N–H and O–H groups in total. The zero-order valence-corrected chi connectivity index (χ0v) is 10.2. The summed E-state index contributed by atoms with van der Waals surface area (Å²) < 4.78 is 0. The van der Waals surface area contributed by atoms with Gasteiger partial charge in [-0.1, -0.05) is 17.7 Å². The Morgan fingerprint density at radius 3 is 2.69 bits per heavy atom. The molecule has 0 heterocycles. The van der Waals surface area contributed by atoms with E-state index in [1.807, 2.05) is 45.0 Å². The minimum atomic E-state index is -0.0307. The minimum Gasteiger partial charge on any atom is -0.350 e. The van der Waals surface area contributed by atoms with E-state index in [-0.39, 0.29) is 18.0 Å². The standard InChI is InChI=1S/C13H20N2O/c1-9-5-4-6-12(7-9)13(16)15-11(3)8-10(2)14/h4-7,10-11H,8,14H2,1-3H3,(H,15,16). The second-order valence-electron chi connectivity index (χ2n) is 4.46. The fourth-order valence-electron chi connectivity index (χ4n) is 1.71. The molecule has 1 aromatic carbocycles. The molecule has 2 unspecified atom stereocenters. The Bertz CT molecular complexity index is 361. The smallest absolute Gasteiger partial charge is 0.251 e. The Hall–Kier alpha value is -1.35. The van der Waals surface area contributed by atoms with Gasteiger partial charge in [0.05, 0.1) is 0 Å². The van der Waals surface area contributed by atoms with Crippen LogP contribution in [0, 0.1) is 6.92 Å². The normalized spacial score (nSPS) is 14.2. The Kier molecular flexibility index (Phi) is 4.50. The highest BCUT2D eigenvalue weighted by atomic mass is 16.1. The first kappa shape index (κ1) is 12.7. The van der Waals surface area contributed by atoms with Gasteiger partial charge < -0.3 is 11.1 Å². The third-order valence-electron chi connectivity index (χ3n) is 2.38. The van der Waals surface area contributed by atoms with Crippen LogP contribution in [0.15, 0.2) is 24.3 Å². The predicted molar refractivity (Wildman–Crippen MR) is 66.4 cm³/mol. The van der Waals surface area contributed by atoms with Crippen molar-refractivity contribution < 1.29 is 4.79 Å². The summed E-state index contributed by atoms with van der Waals surface area (Å²) in [5, 5.41) is 2.94. The summed E-state index contributed by atoms with van der Waals surface area (Å²) in [5.74, 6) is -0.0307. The highest BCUT2D eigenvalue weighted by molar-refractivity contribution is 5.94. The molecule has 0 saturated carbocycles. The molecule has 0 bridgehead atoms. The molecule has 0 saturated heterocycles. The average molecular weight is 220 g/mol. The average Bonchev–Trinajstić information content (AvgIpc) is 2.16. The molecule has 1 amide bonds. The van der Waals surface area contributed by atoms with Crippen molar-refractivity contribution >= 4 is 5.91 Å². The van der Waals surface area contributed by atoms with Crippen LogP contribution in [0.3, 0.4) is 0 Å². The van der Waals surface area contributed by atoms with Gasteiger partial charge >= 0.3 is 0 Å². The maximum absolute atomic E-state index is 11.8. The third-order valence-corrected chi connectivity index (χ3v) is 2.38. The molecule has 0 spiro atoms. The van der Waals surface area contributed by atoms with Crippen LogP contribution in [-0.4, -0.2) is 18.0 Å². The number of benzene rings is 1. The number of hydrogen-bond acceptors (Lipinski definition) is 2. The molecule has 0 aliphatic carbocycles. The number of amides is 1. The zero-order chi connectivity index (χ0) is 12.1. The van der Waals surface area contributed by atoms with Crippen molar-refractivity contribution in [1.29, 1.82) is 0 Å². The first-order valence-electron chi connectivity index (χ1n) is 5.62. The molecule has 3 nitrogen and oxygen atoms in total. The molecule has 2 atom stereocenters. The highest BCUT2D eigenvalue weighted by Crippen LogP contribution is 2.05. The molecule has 0 aromatic heterocycles. The number of nitrogens with two attached hydrogens (primary N) is 1. The summed E-state index contributed by atoms with van der Waals surface area (Å²) in [6.45, 7) is 5.88. The van der Waals surface area contributed by atoms with Gasteiger partial charge in [-0.2, -0.15) is 0 Å². The molecule has 1 aromatic rings. The minimum absolute atomic E-state index is 0.0307. The van der Waals surface area contributed by atoms with Gasteiger partial charge in [0.15, 0.2) is 0 Å². The molecule has 0 radical (unpaired) electrons. The molecule has 16 heavy (non-hydrogen) atoms. The van der Waals surface area contributed by atoms with E-state index >= 15 is 0 Å². The van der Waals surface area contributed by atoms with Gasteiger partial charge in [-0.25, -0.2) is 0 Å². The van der Waals surface area contributed by atoms with Gasteiger partial charge in [0.2, 0.25) is 0 Å². The van der Waals surface area contributed by atoms with Gasteiger partial charge in [-0.3, -0.25) is 4.79 Å². The van der Waals surface area contributed by atoms with E-state index in [0.717, 1.165) is 12.0 Å². The van der Waals surface area contributed by atoms with Gasteiger partial charge in [-0.15, -0.1) is 0 Å².